The largest absolute Gasteiger partial charge is 0.497 e. The molecule has 0 N–H and O–H groups in total. The third kappa shape index (κ3) is 3.48. The summed E-state index contributed by atoms with van der Waals surface area (Å²) in [4.78, 5) is 0.359. The van der Waals surface area contributed by atoms with Crippen LogP contribution in [-0.4, -0.2) is 26.9 Å². The van der Waals surface area contributed by atoms with Crippen molar-refractivity contribution in [3.63, 3.8) is 0 Å². The molecule has 0 atom stereocenters. The summed E-state index contributed by atoms with van der Waals surface area (Å²) < 4.78 is 32.1. The molecule has 0 unspecified atom stereocenters. The summed E-state index contributed by atoms with van der Waals surface area (Å²) in [5.41, 5.74) is 2.57. The Balaban J connectivity index is 2.30. The molecule has 4 nitrogen and oxygen atoms in total. The van der Waals surface area contributed by atoms with Crippen LogP contribution in [0.25, 0.3) is 0 Å². The summed E-state index contributed by atoms with van der Waals surface area (Å²) in [6.07, 6.45) is 0. The molecule has 0 heterocycles. The summed E-state index contributed by atoms with van der Waals surface area (Å²) in [5.74, 6) is 0.718. The first kappa shape index (κ1) is 16.5. The molecule has 0 bridgehead atoms. The highest BCUT2D eigenvalue weighted by Crippen LogP contribution is 2.22. The minimum absolute atomic E-state index is 0.299. The fourth-order valence-electron chi connectivity index (χ4n) is 2.27. The van der Waals surface area contributed by atoms with Crippen LogP contribution in [0.5, 0.6) is 5.75 Å². The van der Waals surface area contributed by atoms with E-state index in [9.17, 15) is 8.42 Å². The van der Waals surface area contributed by atoms with Crippen LogP contribution in [0, 0.1) is 13.8 Å². The highest BCUT2D eigenvalue weighted by atomic mass is 32.2. The number of sulfonamides is 1. The Morgan fingerprint density at radius 1 is 1.09 bits per heavy atom. The molecule has 0 amide bonds. The molecule has 0 aliphatic heterocycles. The van der Waals surface area contributed by atoms with Crippen LogP contribution >= 0.6 is 0 Å². The molecule has 118 valence electrons. The SMILES string of the molecule is COc1cccc(CN(C)S(=O)(=O)c2cc(C)ccc2C)c1. The van der Waals surface area contributed by atoms with Crippen LogP contribution in [0.2, 0.25) is 0 Å². The minimum Gasteiger partial charge on any atom is -0.497 e. The summed E-state index contributed by atoms with van der Waals surface area (Å²) in [6, 6.07) is 12.9. The van der Waals surface area contributed by atoms with Crippen molar-refractivity contribution in [3.8, 4) is 5.75 Å². The van der Waals surface area contributed by atoms with E-state index in [-0.39, 0.29) is 0 Å². The Bertz CT molecular complexity index is 769. The van der Waals surface area contributed by atoms with Gasteiger partial charge in [-0.15, -0.1) is 0 Å². The standard InChI is InChI=1S/C17H21NO3S/c1-13-8-9-14(2)17(10-13)22(19,20)18(3)12-15-6-5-7-16(11-15)21-4/h5-11H,12H2,1-4H3. The normalized spacial score (nSPS) is 11.7. The fourth-order valence-corrected chi connectivity index (χ4v) is 3.73. The lowest BCUT2D eigenvalue weighted by atomic mass is 10.2. The van der Waals surface area contributed by atoms with Gasteiger partial charge >= 0.3 is 0 Å². The second-order valence-electron chi connectivity index (χ2n) is 5.38. The number of benzene rings is 2. The molecule has 2 aromatic carbocycles. The van der Waals surface area contributed by atoms with Crippen molar-refractivity contribution in [2.24, 2.45) is 0 Å². The zero-order valence-electron chi connectivity index (χ0n) is 13.3. The van der Waals surface area contributed by atoms with Gasteiger partial charge in [0.15, 0.2) is 0 Å². The molecular weight excluding hydrogens is 298 g/mol. The average molecular weight is 319 g/mol. The predicted molar refractivity (Wildman–Crippen MR) is 87.6 cm³/mol. The molecule has 0 saturated heterocycles. The van der Waals surface area contributed by atoms with E-state index in [1.54, 1.807) is 20.2 Å². The molecule has 0 aliphatic rings. The van der Waals surface area contributed by atoms with Crippen LogP contribution in [0.4, 0.5) is 0 Å². The van der Waals surface area contributed by atoms with Gasteiger partial charge in [0.05, 0.1) is 12.0 Å². The zero-order chi connectivity index (χ0) is 16.3. The number of nitrogens with zero attached hydrogens (tertiary/aromatic N) is 1. The number of aryl methyl sites for hydroxylation is 2. The van der Waals surface area contributed by atoms with Crippen LogP contribution < -0.4 is 4.74 Å². The molecule has 0 radical (unpaired) electrons. The van der Waals surface area contributed by atoms with Gasteiger partial charge in [0, 0.05) is 13.6 Å². The first-order valence-corrected chi connectivity index (χ1v) is 8.45. The Kier molecular flexibility index (Phi) is 4.88. The Hall–Kier alpha value is -1.85. The number of rotatable bonds is 5. The monoisotopic (exact) mass is 319 g/mol. The lowest BCUT2D eigenvalue weighted by Crippen LogP contribution is -2.27. The Labute approximate surface area is 132 Å². The van der Waals surface area contributed by atoms with Gasteiger partial charge in [-0.05, 0) is 48.7 Å². The van der Waals surface area contributed by atoms with E-state index < -0.39 is 10.0 Å². The molecule has 0 saturated carbocycles. The van der Waals surface area contributed by atoms with Gasteiger partial charge in [0.25, 0.3) is 0 Å². The van der Waals surface area contributed by atoms with Gasteiger partial charge in [-0.25, -0.2) is 8.42 Å². The van der Waals surface area contributed by atoms with Crippen molar-refractivity contribution < 1.29 is 13.2 Å². The van der Waals surface area contributed by atoms with Crippen LogP contribution in [0.15, 0.2) is 47.4 Å². The Morgan fingerprint density at radius 2 is 1.82 bits per heavy atom. The predicted octanol–water partition coefficient (Wildman–Crippen LogP) is 3.13. The third-order valence-corrected chi connectivity index (χ3v) is 5.52. The summed E-state index contributed by atoms with van der Waals surface area (Å²) >= 11 is 0. The molecule has 0 fully saturated rings. The van der Waals surface area contributed by atoms with E-state index in [4.69, 9.17) is 4.74 Å². The minimum atomic E-state index is -3.52. The van der Waals surface area contributed by atoms with Crippen molar-refractivity contribution >= 4 is 10.0 Å². The highest BCUT2D eigenvalue weighted by Gasteiger charge is 2.23. The van der Waals surface area contributed by atoms with Crippen molar-refractivity contribution in [2.45, 2.75) is 25.3 Å². The maximum Gasteiger partial charge on any atom is 0.243 e. The third-order valence-electron chi connectivity index (χ3n) is 3.57. The molecule has 2 rings (SSSR count). The summed E-state index contributed by atoms with van der Waals surface area (Å²) in [5, 5.41) is 0. The van der Waals surface area contributed by atoms with Gasteiger partial charge < -0.3 is 4.74 Å². The lowest BCUT2D eigenvalue weighted by molar-refractivity contribution is 0.412. The number of hydrogen-bond acceptors (Lipinski definition) is 3. The van der Waals surface area contributed by atoms with Gasteiger partial charge in [-0.2, -0.15) is 4.31 Å². The van der Waals surface area contributed by atoms with E-state index >= 15 is 0 Å². The van der Waals surface area contributed by atoms with Crippen molar-refractivity contribution in [1.82, 2.24) is 4.31 Å². The maximum atomic E-state index is 12.8. The van der Waals surface area contributed by atoms with E-state index in [0.717, 1.165) is 22.4 Å². The molecule has 0 aliphatic carbocycles. The molecule has 0 spiro atoms. The summed E-state index contributed by atoms with van der Waals surface area (Å²) in [7, 11) is -0.331. The smallest absolute Gasteiger partial charge is 0.243 e. The Morgan fingerprint density at radius 3 is 2.50 bits per heavy atom. The van der Waals surface area contributed by atoms with Gasteiger partial charge in [0.2, 0.25) is 10.0 Å². The van der Waals surface area contributed by atoms with Crippen molar-refractivity contribution in [3.05, 3.63) is 59.2 Å². The number of methoxy groups -OCH3 is 1. The molecule has 0 aromatic heterocycles. The van der Waals surface area contributed by atoms with Crippen molar-refractivity contribution in [1.29, 1.82) is 0 Å². The topological polar surface area (TPSA) is 46.6 Å². The van der Waals surface area contributed by atoms with Gasteiger partial charge in [-0.3, -0.25) is 0 Å². The quantitative estimate of drug-likeness (QED) is 0.850. The number of hydrogen-bond donors (Lipinski definition) is 0. The highest BCUT2D eigenvalue weighted by molar-refractivity contribution is 7.89. The molecular formula is C17H21NO3S. The first-order chi connectivity index (χ1) is 10.3. The van der Waals surface area contributed by atoms with E-state index in [1.807, 2.05) is 50.2 Å². The molecule has 2 aromatic rings. The molecule has 5 heteroatoms. The van der Waals surface area contributed by atoms with Crippen LogP contribution in [-0.2, 0) is 16.6 Å². The summed E-state index contributed by atoms with van der Waals surface area (Å²) in [6.45, 7) is 4.00. The van der Waals surface area contributed by atoms with Crippen LogP contribution in [0.3, 0.4) is 0 Å². The first-order valence-electron chi connectivity index (χ1n) is 7.01. The molecule has 22 heavy (non-hydrogen) atoms. The van der Waals surface area contributed by atoms with Gasteiger partial charge in [0.1, 0.15) is 5.75 Å². The lowest BCUT2D eigenvalue weighted by Gasteiger charge is -2.19. The van der Waals surface area contributed by atoms with E-state index in [0.29, 0.717) is 11.4 Å². The van der Waals surface area contributed by atoms with Crippen LogP contribution in [0.1, 0.15) is 16.7 Å². The van der Waals surface area contributed by atoms with Crippen molar-refractivity contribution in [2.75, 3.05) is 14.2 Å². The number of ether oxygens (including phenoxy) is 1. The maximum absolute atomic E-state index is 12.8. The average Bonchev–Trinajstić information content (AvgIpc) is 2.49. The van der Waals surface area contributed by atoms with E-state index in [2.05, 4.69) is 0 Å². The zero-order valence-corrected chi connectivity index (χ0v) is 14.1. The fraction of sp³-hybridized carbons (Fsp3) is 0.294. The second kappa shape index (κ2) is 6.50. The second-order valence-corrected chi connectivity index (χ2v) is 7.39. The van der Waals surface area contributed by atoms with E-state index in [1.165, 1.54) is 4.31 Å². The van der Waals surface area contributed by atoms with Gasteiger partial charge in [-0.1, -0.05) is 24.3 Å².